The van der Waals surface area contributed by atoms with E-state index in [1.165, 1.54) is 17.7 Å². The summed E-state index contributed by atoms with van der Waals surface area (Å²) in [6, 6.07) is 4.19. The highest BCUT2D eigenvalue weighted by molar-refractivity contribution is 5.14. The minimum absolute atomic E-state index is 1.06. The van der Waals surface area contributed by atoms with Crippen molar-refractivity contribution >= 4 is 0 Å². The number of hydrogen-bond donors (Lipinski definition) is 1. The molecule has 1 aromatic heterocycles. The normalized spacial score (nSPS) is 10.3. The van der Waals surface area contributed by atoms with Crippen LogP contribution in [0.25, 0.3) is 0 Å². The first-order valence-corrected chi connectivity index (χ1v) is 4.95. The summed E-state index contributed by atoms with van der Waals surface area (Å²) >= 11 is 0. The topological polar surface area (TPSA) is 24.9 Å². The predicted octanol–water partition coefficient (Wildman–Crippen LogP) is 1.93. The van der Waals surface area contributed by atoms with Crippen LogP contribution in [-0.2, 0) is 6.42 Å². The van der Waals surface area contributed by atoms with Crippen molar-refractivity contribution in [3.63, 3.8) is 0 Å². The lowest BCUT2D eigenvalue weighted by Gasteiger charge is -2.02. The Morgan fingerprint density at radius 2 is 2.31 bits per heavy atom. The average Bonchev–Trinajstić information content (AvgIpc) is 2.13. The number of nitrogens with one attached hydrogen (secondary N) is 1. The second-order valence-corrected chi connectivity index (χ2v) is 3.28. The van der Waals surface area contributed by atoms with Crippen molar-refractivity contribution in [3.8, 4) is 0 Å². The minimum atomic E-state index is 1.06. The Kier molecular flexibility index (Phi) is 4.47. The van der Waals surface area contributed by atoms with Crippen LogP contribution in [-0.4, -0.2) is 18.1 Å². The maximum atomic E-state index is 4.31. The van der Waals surface area contributed by atoms with Crippen LogP contribution in [0.1, 0.15) is 24.6 Å². The summed E-state index contributed by atoms with van der Waals surface area (Å²) in [6.45, 7) is 6.38. The molecule has 1 aromatic rings. The summed E-state index contributed by atoms with van der Waals surface area (Å²) < 4.78 is 0. The van der Waals surface area contributed by atoms with E-state index in [2.05, 4.69) is 30.2 Å². The zero-order valence-electron chi connectivity index (χ0n) is 8.51. The van der Waals surface area contributed by atoms with Crippen LogP contribution < -0.4 is 5.32 Å². The first-order valence-electron chi connectivity index (χ1n) is 4.95. The molecule has 0 radical (unpaired) electrons. The second-order valence-electron chi connectivity index (χ2n) is 3.28. The van der Waals surface area contributed by atoms with Crippen LogP contribution in [0.4, 0.5) is 0 Å². The molecule has 0 unspecified atom stereocenters. The zero-order chi connectivity index (χ0) is 9.52. The van der Waals surface area contributed by atoms with Gasteiger partial charge >= 0.3 is 0 Å². The molecular weight excluding hydrogens is 160 g/mol. The maximum Gasteiger partial charge on any atom is 0.0406 e. The second kappa shape index (κ2) is 5.70. The van der Waals surface area contributed by atoms with E-state index in [1.807, 2.05) is 12.3 Å². The molecule has 1 heterocycles. The Hall–Kier alpha value is -0.890. The zero-order valence-corrected chi connectivity index (χ0v) is 8.51. The van der Waals surface area contributed by atoms with E-state index >= 15 is 0 Å². The Morgan fingerprint density at radius 1 is 1.46 bits per heavy atom. The van der Waals surface area contributed by atoms with Gasteiger partial charge in [-0.05, 0) is 50.6 Å². The van der Waals surface area contributed by atoms with E-state index in [4.69, 9.17) is 0 Å². The molecule has 1 N–H and O–H groups in total. The number of nitrogens with zero attached hydrogens (tertiary/aromatic N) is 1. The first-order chi connectivity index (χ1) is 6.33. The van der Waals surface area contributed by atoms with Crippen molar-refractivity contribution in [3.05, 3.63) is 29.6 Å². The van der Waals surface area contributed by atoms with Crippen LogP contribution in [0.3, 0.4) is 0 Å². The number of aromatic nitrogens is 1. The lowest BCUT2D eigenvalue weighted by molar-refractivity contribution is 0.667. The molecule has 0 amide bonds. The lowest BCUT2D eigenvalue weighted by Crippen LogP contribution is -2.14. The van der Waals surface area contributed by atoms with E-state index in [9.17, 15) is 0 Å². The molecule has 0 aliphatic carbocycles. The van der Waals surface area contributed by atoms with Crippen molar-refractivity contribution in [1.82, 2.24) is 10.3 Å². The Labute approximate surface area is 80.4 Å². The summed E-state index contributed by atoms with van der Waals surface area (Å²) in [7, 11) is 0. The van der Waals surface area contributed by atoms with Gasteiger partial charge in [-0.1, -0.05) is 6.92 Å². The van der Waals surface area contributed by atoms with Gasteiger partial charge in [-0.2, -0.15) is 0 Å². The third kappa shape index (κ3) is 4.04. The molecular formula is C11H18N2. The molecule has 0 bridgehead atoms. The Balaban J connectivity index is 2.28. The molecule has 13 heavy (non-hydrogen) atoms. The SMILES string of the molecule is CCNCCCc1cc(C)ccn1. The summed E-state index contributed by atoms with van der Waals surface area (Å²) in [5.41, 5.74) is 2.51. The number of aryl methyl sites for hydroxylation is 2. The molecule has 0 aliphatic rings. The van der Waals surface area contributed by atoms with E-state index < -0.39 is 0 Å². The summed E-state index contributed by atoms with van der Waals surface area (Å²) in [5.74, 6) is 0. The van der Waals surface area contributed by atoms with E-state index in [0.717, 1.165) is 19.5 Å². The van der Waals surface area contributed by atoms with Crippen LogP contribution >= 0.6 is 0 Å². The molecule has 0 spiro atoms. The van der Waals surface area contributed by atoms with Crippen molar-refractivity contribution in [2.45, 2.75) is 26.7 Å². The molecule has 0 saturated heterocycles. The summed E-state index contributed by atoms with van der Waals surface area (Å²) in [4.78, 5) is 4.31. The fraction of sp³-hybridized carbons (Fsp3) is 0.545. The minimum Gasteiger partial charge on any atom is -0.317 e. The fourth-order valence-electron chi connectivity index (χ4n) is 1.31. The van der Waals surface area contributed by atoms with Gasteiger partial charge < -0.3 is 5.32 Å². The highest BCUT2D eigenvalue weighted by Gasteiger charge is 1.94. The molecule has 2 nitrogen and oxygen atoms in total. The molecule has 0 fully saturated rings. The van der Waals surface area contributed by atoms with Crippen LogP contribution in [0, 0.1) is 6.92 Å². The summed E-state index contributed by atoms with van der Waals surface area (Å²) in [5, 5.41) is 3.31. The van der Waals surface area contributed by atoms with Gasteiger partial charge in [-0.25, -0.2) is 0 Å². The van der Waals surface area contributed by atoms with Gasteiger partial charge in [0.2, 0.25) is 0 Å². The number of pyridine rings is 1. The number of hydrogen-bond acceptors (Lipinski definition) is 2. The third-order valence-electron chi connectivity index (χ3n) is 2.01. The molecule has 0 atom stereocenters. The van der Waals surface area contributed by atoms with Gasteiger partial charge in [0, 0.05) is 11.9 Å². The molecule has 72 valence electrons. The van der Waals surface area contributed by atoms with E-state index in [-0.39, 0.29) is 0 Å². The highest BCUT2D eigenvalue weighted by Crippen LogP contribution is 2.02. The van der Waals surface area contributed by atoms with Crippen LogP contribution in [0.15, 0.2) is 18.3 Å². The van der Waals surface area contributed by atoms with Crippen molar-refractivity contribution in [2.24, 2.45) is 0 Å². The monoisotopic (exact) mass is 178 g/mol. The Bertz CT molecular complexity index is 246. The van der Waals surface area contributed by atoms with Gasteiger partial charge in [0.25, 0.3) is 0 Å². The largest absolute Gasteiger partial charge is 0.317 e. The predicted molar refractivity (Wildman–Crippen MR) is 55.8 cm³/mol. The molecule has 2 heteroatoms. The third-order valence-corrected chi connectivity index (χ3v) is 2.01. The van der Waals surface area contributed by atoms with E-state index in [0.29, 0.717) is 0 Å². The van der Waals surface area contributed by atoms with E-state index in [1.54, 1.807) is 0 Å². The van der Waals surface area contributed by atoms with Gasteiger partial charge in [0.1, 0.15) is 0 Å². The van der Waals surface area contributed by atoms with Crippen LogP contribution in [0.5, 0.6) is 0 Å². The maximum absolute atomic E-state index is 4.31. The lowest BCUT2D eigenvalue weighted by atomic mass is 10.2. The highest BCUT2D eigenvalue weighted by atomic mass is 14.8. The van der Waals surface area contributed by atoms with Gasteiger partial charge in [0.15, 0.2) is 0 Å². The average molecular weight is 178 g/mol. The van der Waals surface area contributed by atoms with Crippen molar-refractivity contribution in [2.75, 3.05) is 13.1 Å². The summed E-state index contributed by atoms with van der Waals surface area (Å²) in [6.07, 6.45) is 4.14. The van der Waals surface area contributed by atoms with Crippen molar-refractivity contribution in [1.29, 1.82) is 0 Å². The molecule has 1 rings (SSSR count). The quantitative estimate of drug-likeness (QED) is 0.697. The van der Waals surface area contributed by atoms with Crippen molar-refractivity contribution < 1.29 is 0 Å². The van der Waals surface area contributed by atoms with Gasteiger partial charge in [-0.15, -0.1) is 0 Å². The van der Waals surface area contributed by atoms with Gasteiger partial charge in [0.05, 0.1) is 0 Å². The van der Waals surface area contributed by atoms with Crippen LogP contribution in [0.2, 0.25) is 0 Å². The number of rotatable bonds is 5. The molecule has 0 aromatic carbocycles. The fourth-order valence-corrected chi connectivity index (χ4v) is 1.31. The Morgan fingerprint density at radius 3 is 3.00 bits per heavy atom. The molecule has 0 saturated carbocycles. The smallest absolute Gasteiger partial charge is 0.0406 e. The first kappa shape index (κ1) is 10.2. The molecule has 0 aliphatic heterocycles. The standard InChI is InChI=1S/C11H18N2/c1-3-12-7-4-5-11-9-10(2)6-8-13-11/h6,8-9,12H,3-5,7H2,1-2H3. The van der Waals surface area contributed by atoms with Gasteiger partial charge in [-0.3, -0.25) is 4.98 Å².